The molecule has 4 atom stereocenters. The third-order valence-corrected chi connectivity index (χ3v) is 8.24. The molecule has 1 amide bonds. The van der Waals surface area contributed by atoms with Crippen LogP contribution < -0.4 is 5.32 Å². The zero-order valence-corrected chi connectivity index (χ0v) is 22.3. The number of halogens is 1. The van der Waals surface area contributed by atoms with Gasteiger partial charge in [0.25, 0.3) is 0 Å². The summed E-state index contributed by atoms with van der Waals surface area (Å²) >= 11 is 0. The second kappa shape index (κ2) is 11.6. The molecular formula is C32H33FN2O5. The molecular weight excluding hydrogens is 511 g/mol. The standard InChI is InChI=1S/C32H33FN2O5/c1-19-25(11-4-12-28(19)33)30-26(31(39)20-6-2-9-23(36)14-20)17-35(29(38)16-22-8-5-13-34-22)18-27(30)32(40)21-7-3-10-24(37)15-21/h2-4,6-7,9-12,14-15,22,26-27,30,34,36-37H,5,8,13,16-18H2,1H3/t22?,26-,27+,30-. The molecule has 0 aromatic heterocycles. The van der Waals surface area contributed by atoms with Crippen LogP contribution in [0.2, 0.25) is 0 Å². The molecule has 0 spiro atoms. The summed E-state index contributed by atoms with van der Waals surface area (Å²) in [5.41, 5.74) is 1.37. The van der Waals surface area contributed by atoms with Crippen LogP contribution in [0.3, 0.4) is 0 Å². The Morgan fingerprint density at radius 2 is 1.48 bits per heavy atom. The number of amides is 1. The Balaban J connectivity index is 1.62. The molecule has 1 unspecified atom stereocenters. The fourth-order valence-corrected chi connectivity index (χ4v) is 6.19. The fourth-order valence-electron chi connectivity index (χ4n) is 6.19. The summed E-state index contributed by atoms with van der Waals surface area (Å²) in [6.45, 7) is 2.59. The maximum absolute atomic E-state index is 14.9. The molecule has 2 aliphatic rings. The predicted molar refractivity (Wildman–Crippen MR) is 148 cm³/mol. The molecule has 3 N–H and O–H groups in total. The maximum atomic E-state index is 14.9. The summed E-state index contributed by atoms with van der Waals surface area (Å²) in [7, 11) is 0. The first kappa shape index (κ1) is 27.5. The van der Waals surface area contributed by atoms with Crippen LogP contribution in [0.4, 0.5) is 4.39 Å². The van der Waals surface area contributed by atoms with E-state index in [4.69, 9.17) is 0 Å². The number of phenols is 2. The number of benzene rings is 3. The van der Waals surface area contributed by atoms with Crippen molar-refractivity contribution in [2.24, 2.45) is 11.8 Å². The number of phenolic OH excluding ortho intramolecular Hbond substituents is 2. The molecule has 3 aromatic rings. The third kappa shape index (κ3) is 5.63. The summed E-state index contributed by atoms with van der Waals surface area (Å²) in [4.78, 5) is 43.3. The largest absolute Gasteiger partial charge is 0.508 e. The van der Waals surface area contributed by atoms with Gasteiger partial charge in [-0.2, -0.15) is 0 Å². The van der Waals surface area contributed by atoms with Gasteiger partial charge in [-0.15, -0.1) is 0 Å². The Labute approximate surface area is 232 Å². The number of piperidine rings is 1. The second-order valence-corrected chi connectivity index (χ2v) is 10.8. The van der Waals surface area contributed by atoms with Crippen molar-refractivity contribution in [1.82, 2.24) is 10.2 Å². The third-order valence-electron chi connectivity index (χ3n) is 8.24. The van der Waals surface area contributed by atoms with Crippen molar-refractivity contribution < 1.29 is 29.0 Å². The topological polar surface area (TPSA) is 107 Å². The van der Waals surface area contributed by atoms with E-state index in [1.807, 2.05) is 0 Å². The lowest BCUT2D eigenvalue weighted by molar-refractivity contribution is -0.134. The van der Waals surface area contributed by atoms with Gasteiger partial charge in [-0.1, -0.05) is 36.4 Å². The number of rotatable bonds is 7. The van der Waals surface area contributed by atoms with E-state index in [2.05, 4.69) is 5.32 Å². The van der Waals surface area contributed by atoms with Crippen LogP contribution in [0.25, 0.3) is 0 Å². The summed E-state index contributed by atoms with van der Waals surface area (Å²) < 4.78 is 14.9. The van der Waals surface area contributed by atoms with Crippen molar-refractivity contribution >= 4 is 17.5 Å². The lowest BCUT2D eigenvalue weighted by atomic mass is 9.67. The number of carbonyl (C=O) groups is 3. The van der Waals surface area contributed by atoms with Crippen molar-refractivity contribution in [3.05, 3.63) is 94.8 Å². The van der Waals surface area contributed by atoms with Gasteiger partial charge < -0.3 is 20.4 Å². The number of ketones is 2. The zero-order chi connectivity index (χ0) is 28.4. The number of Topliss-reactive ketones (excluding diaryl/α,β-unsaturated/α-hetero) is 2. The van der Waals surface area contributed by atoms with Crippen molar-refractivity contribution in [2.45, 2.75) is 38.1 Å². The highest BCUT2D eigenvalue weighted by molar-refractivity contribution is 6.03. The van der Waals surface area contributed by atoms with E-state index in [1.165, 1.54) is 30.3 Å². The average molecular weight is 545 g/mol. The Morgan fingerprint density at radius 3 is 2.00 bits per heavy atom. The van der Waals surface area contributed by atoms with E-state index in [9.17, 15) is 29.0 Å². The number of nitrogens with one attached hydrogen (secondary N) is 1. The summed E-state index contributed by atoms with van der Waals surface area (Å²) in [5, 5.41) is 23.5. The number of aromatic hydroxyl groups is 2. The molecule has 0 bridgehead atoms. The van der Waals surface area contributed by atoms with Gasteiger partial charge in [0, 0.05) is 54.4 Å². The van der Waals surface area contributed by atoms with Gasteiger partial charge in [-0.3, -0.25) is 14.4 Å². The highest BCUT2D eigenvalue weighted by atomic mass is 19.1. The summed E-state index contributed by atoms with van der Waals surface area (Å²) in [6.07, 6.45) is 2.11. The minimum absolute atomic E-state index is 0.0381. The van der Waals surface area contributed by atoms with E-state index >= 15 is 0 Å². The molecule has 2 fully saturated rings. The smallest absolute Gasteiger partial charge is 0.224 e. The summed E-state index contributed by atoms with van der Waals surface area (Å²) in [5.74, 6) is -3.92. The average Bonchev–Trinajstić information content (AvgIpc) is 3.46. The lowest BCUT2D eigenvalue weighted by Gasteiger charge is -2.43. The first-order valence-electron chi connectivity index (χ1n) is 13.7. The molecule has 0 aliphatic carbocycles. The quantitative estimate of drug-likeness (QED) is 0.375. The van der Waals surface area contributed by atoms with Crippen LogP contribution in [0.15, 0.2) is 66.7 Å². The van der Waals surface area contributed by atoms with E-state index in [1.54, 1.807) is 48.2 Å². The van der Waals surface area contributed by atoms with Gasteiger partial charge in [0.15, 0.2) is 11.6 Å². The van der Waals surface area contributed by atoms with Gasteiger partial charge in [-0.05, 0) is 67.8 Å². The molecule has 40 heavy (non-hydrogen) atoms. The van der Waals surface area contributed by atoms with Gasteiger partial charge in [0.05, 0.1) is 0 Å². The first-order valence-corrected chi connectivity index (χ1v) is 13.7. The van der Waals surface area contributed by atoms with Crippen LogP contribution in [0, 0.1) is 24.6 Å². The Hall–Kier alpha value is -4.04. The Bertz CT molecular complexity index is 1370. The van der Waals surface area contributed by atoms with Gasteiger partial charge in [0.1, 0.15) is 17.3 Å². The van der Waals surface area contributed by atoms with E-state index in [0.717, 1.165) is 19.4 Å². The maximum Gasteiger partial charge on any atom is 0.224 e. The number of carbonyl (C=O) groups excluding carboxylic acids is 3. The second-order valence-electron chi connectivity index (χ2n) is 10.8. The van der Waals surface area contributed by atoms with Crippen LogP contribution >= 0.6 is 0 Å². The Morgan fingerprint density at radius 1 is 0.900 bits per heavy atom. The van der Waals surface area contributed by atoms with E-state index in [0.29, 0.717) is 11.1 Å². The van der Waals surface area contributed by atoms with Crippen LogP contribution in [-0.2, 0) is 4.79 Å². The predicted octanol–water partition coefficient (Wildman–Crippen LogP) is 4.61. The molecule has 2 aliphatic heterocycles. The highest BCUT2D eigenvalue weighted by Gasteiger charge is 2.47. The monoisotopic (exact) mass is 544 g/mol. The molecule has 2 heterocycles. The number of likely N-dealkylation sites (tertiary alicyclic amines) is 1. The van der Waals surface area contributed by atoms with Gasteiger partial charge >= 0.3 is 0 Å². The normalized spacial score (nSPS) is 22.7. The fraction of sp³-hybridized carbons (Fsp3) is 0.344. The van der Waals surface area contributed by atoms with Gasteiger partial charge in [0.2, 0.25) is 5.91 Å². The van der Waals surface area contributed by atoms with Crippen molar-refractivity contribution in [2.75, 3.05) is 19.6 Å². The van der Waals surface area contributed by atoms with Crippen LogP contribution in [0.1, 0.15) is 57.0 Å². The lowest BCUT2D eigenvalue weighted by Crippen LogP contribution is -2.53. The van der Waals surface area contributed by atoms with Crippen molar-refractivity contribution in [3.63, 3.8) is 0 Å². The minimum atomic E-state index is -0.872. The molecule has 3 aromatic carbocycles. The molecule has 208 valence electrons. The number of nitrogens with zero attached hydrogens (tertiary/aromatic N) is 1. The minimum Gasteiger partial charge on any atom is -0.508 e. The molecule has 2 saturated heterocycles. The molecule has 5 rings (SSSR count). The van der Waals surface area contributed by atoms with E-state index in [-0.39, 0.29) is 65.7 Å². The number of hydrogen-bond acceptors (Lipinski definition) is 6. The SMILES string of the molecule is Cc1c(F)cccc1[C@H]1[C@@H](C(=O)c2cccc(O)c2)CN(C(=O)CC2CCCN2)C[C@H]1C(=O)c1cccc(O)c1. The van der Waals surface area contributed by atoms with Crippen molar-refractivity contribution in [3.8, 4) is 11.5 Å². The summed E-state index contributed by atoms with van der Waals surface area (Å²) in [6, 6.07) is 16.6. The highest BCUT2D eigenvalue weighted by Crippen LogP contribution is 2.43. The van der Waals surface area contributed by atoms with Crippen LogP contribution in [-0.4, -0.2) is 58.3 Å². The molecule has 8 heteroatoms. The Kier molecular flexibility index (Phi) is 7.98. The molecule has 0 saturated carbocycles. The first-order chi connectivity index (χ1) is 19.2. The van der Waals surface area contributed by atoms with Crippen LogP contribution in [0.5, 0.6) is 11.5 Å². The number of hydrogen-bond donors (Lipinski definition) is 3. The molecule has 7 nitrogen and oxygen atoms in total. The van der Waals surface area contributed by atoms with Crippen molar-refractivity contribution in [1.29, 1.82) is 0 Å². The zero-order valence-electron chi connectivity index (χ0n) is 22.3. The van der Waals surface area contributed by atoms with Gasteiger partial charge in [-0.25, -0.2) is 4.39 Å². The molecule has 0 radical (unpaired) electrons. The van der Waals surface area contributed by atoms with E-state index < -0.39 is 23.6 Å².